The molecule has 0 bridgehead atoms. The maximum Gasteiger partial charge on any atom is 0.259 e. The van der Waals surface area contributed by atoms with E-state index in [0.717, 1.165) is 49.2 Å². The number of para-hydroxylation sites is 2. The Bertz CT molecular complexity index is 1140. The predicted octanol–water partition coefficient (Wildman–Crippen LogP) is 3.95. The highest BCUT2D eigenvalue weighted by Gasteiger charge is 2.26. The summed E-state index contributed by atoms with van der Waals surface area (Å²) in [6.07, 6.45) is 3.95. The minimum absolute atomic E-state index is 0.217. The molecule has 34 heavy (non-hydrogen) atoms. The van der Waals surface area contributed by atoms with Crippen LogP contribution in [-0.4, -0.2) is 73.2 Å². The van der Waals surface area contributed by atoms with Crippen molar-refractivity contribution in [1.29, 1.82) is 0 Å². The lowest BCUT2D eigenvalue weighted by atomic mass is 10.1. The monoisotopic (exact) mass is 462 g/mol. The van der Waals surface area contributed by atoms with E-state index in [1.807, 2.05) is 36.4 Å². The van der Waals surface area contributed by atoms with Crippen molar-refractivity contribution in [1.82, 2.24) is 14.8 Å². The molecule has 3 heterocycles. The normalized spacial score (nSPS) is 17.3. The third-order valence-electron chi connectivity index (χ3n) is 6.76. The molecule has 2 aliphatic heterocycles. The van der Waals surface area contributed by atoms with Gasteiger partial charge in [0.25, 0.3) is 5.91 Å². The summed E-state index contributed by atoms with van der Waals surface area (Å²) in [5.74, 6) is -0.583. The Morgan fingerprint density at radius 1 is 1.00 bits per heavy atom. The lowest BCUT2D eigenvalue weighted by molar-refractivity contribution is 0.0342. The number of rotatable bonds is 7. The molecule has 2 aliphatic rings. The Kier molecular flexibility index (Phi) is 7.13. The van der Waals surface area contributed by atoms with Crippen LogP contribution in [0.3, 0.4) is 0 Å². The highest BCUT2D eigenvalue weighted by atomic mass is 19.1. The van der Waals surface area contributed by atoms with E-state index in [9.17, 15) is 4.79 Å². The van der Waals surface area contributed by atoms with Crippen LogP contribution in [-0.2, 0) is 11.3 Å². The first-order chi connectivity index (χ1) is 16.7. The zero-order valence-corrected chi connectivity index (χ0v) is 19.5. The van der Waals surface area contributed by atoms with Gasteiger partial charge in [-0.3, -0.25) is 14.7 Å². The average molecular weight is 463 g/mol. The van der Waals surface area contributed by atoms with Crippen molar-refractivity contribution in [2.24, 2.45) is 0 Å². The van der Waals surface area contributed by atoms with Gasteiger partial charge >= 0.3 is 0 Å². The second-order valence-corrected chi connectivity index (χ2v) is 9.06. The largest absolute Gasteiger partial charge is 0.379 e. The van der Waals surface area contributed by atoms with Gasteiger partial charge in [0.05, 0.1) is 30.0 Å². The Labute approximate surface area is 199 Å². The van der Waals surface area contributed by atoms with E-state index in [4.69, 9.17) is 4.74 Å². The lowest BCUT2D eigenvalue weighted by Gasteiger charge is -2.31. The average Bonchev–Trinajstić information content (AvgIpc) is 3.39. The zero-order chi connectivity index (χ0) is 23.3. The summed E-state index contributed by atoms with van der Waals surface area (Å²) in [6.45, 7) is 6.73. The maximum absolute atomic E-state index is 15.4. The van der Waals surface area contributed by atoms with Gasteiger partial charge < -0.3 is 14.5 Å². The molecule has 0 atom stereocenters. The molecular weight excluding hydrogens is 431 g/mol. The highest BCUT2D eigenvalue weighted by Crippen LogP contribution is 2.28. The number of halogens is 1. The molecule has 2 saturated heterocycles. The minimum atomic E-state index is -0.366. The van der Waals surface area contributed by atoms with E-state index >= 15 is 4.39 Å². The molecule has 0 radical (unpaired) electrons. The van der Waals surface area contributed by atoms with E-state index in [1.54, 1.807) is 17.2 Å². The van der Waals surface area contributed by atoms with Crippen LogP contribution < -0.4 is 4.90 Å². The smallest absolute Gasteiger partial charge is 0.259 e. The molecule has 0 saturated carbocycles. The van der Waals surface area contributed by atoms with Gasteiger partial charge in [0, 0.05) is 44.3 Å². The van der Waals surface area contributed by atoms with E-state index in [2.05, 4.69) is 14.8 Å². The zero-order valence-electron chi connectivity index (χ0n) is 19.5. The molecule has 0 spiro atoms. The van der Waals surface area contributed by atoms with Gasteiger partial charge in [-0.1, -0.05) is 30.3 Å². The molecule has 2 aromatic carbocycles. The van der Waals surface area contributed by atoms with Crippen LogP contribution in [0.5, 0.6) is 0 Å². The van der Waals surface area contributed by atoms with Crippen LogP contribution in [0.2, 0.25) is 0 Å². The molecule has 3 aromatic rings. The van der Waals surface area contributed by atoms with Gasteiger partial charge in [-0.15, -0.1) is 0 Å². The van der Waals surface area contributed by atoms with E-state index in [-0.39, 0.29) is 11.7 Å². The number of hydrogen-bond donors (Lipinski definition) is 0. The molecule has 178 valence electrons. The molecule has 1 aromatic heterocycles. The van der Waals surface area contributed by atoms with Crippen LogP contribution in [0.25, 0.3) is 10.9 Å². The summed E-state index contributed by atoms with van der Waals surface area (Å²) in [4.78, 5) is 24.6. The Hall–Kier alpha value is -2.87. The fourth-order valence-electron chi connectivity index (χ4n) is 4.90. The summed E-state index contributed by atoms with van der Waals surface area (Å²) < 4.78 is 20.9. The fourth-order valence-corrected chi connectivity index (χ4v) is 4.90. The third kappa shape index (κ3) is 5.12. The molecule has 5 rings (SSSR count). The van der Waals surface area contributed by atoms with Crippen LogP contribution >= 0.6 is 0 Å². The van der Waals surface area contributed by atoms with Gasteiger partial charge in [0.1, 0.15) is 5.82 Å². The Morgan fingerprint density at radius 3 is 2.62 bits per heavy atom. The van der Waals surface area contributed by atoms with Gasteiger partial charge in [0.2, 0.25) is 0 Å². The first kappa shape index (κ1) is 22.9. The standard InChI is InChI=1S/C27H31FN4O2/c28-24-8-5-7-22(20-31-14-16-34-17-15-31)26(24)32(13-12-30-10-3-4-11-30)27(33)23-18-21-6-1-2-9-25(21)29-19-23/h1-2,5-9,18-19H,3-4,10-17,20H2. The summed E-state index contributed by atoms with van der Waals surface area (Å²) in [5.41, 5.74) is 2.51. The second kappa shape index (κ2) is 10.6. The van der Waals surface area contributed by atoms with E-state index in [0.29, 0.717) is 37.6 Å². The van der Waals surface area contributed by atoms with Crippen molar-refractivity contribution in [2.45, 2.75) is 19.4 Å². The van der Waals surface area contributed by atoms with Crippen LogP contribution in [0.15, 0.2) is 54.7 Å². The van der Waals surface area contributed by atoms with Gasteiger partial charge in [-0.2, -0.15) is 0 Å². The fraction of sp³-hybridized carbons (Fsp3) is 0.407. The Morgan fingerprint density at radius 2 is 1.79 bits per heavy atom. The topological polar surface area (TPSA) is 48.9 Å². The number of nitrogens with zero attached hydrogens (tertiary/aromatic N) is 4. The third-order valence-corrected chi connectivity index (χ3v) is 6.76. The molecule has 6 nitrogen and oxygen atoms in total. The molecular formula is C27H31FN4O2. The quantitative estimate of drug-likeness (QED) is 0.532. The summed E-state index contributed by atoms with van der Waals surface area (Å²) in [6, 6.07) is 14.7. The summed E-state index contributed by atoms with van der Waals surface area (Å²) in [7, 11) is 0. The number of benzene rings is 2. The van der Waals surface area contributed by atoms with Gasteiger partial charge in [0.15, 0.2) is 0 Å². The van der Waals surface area contributed by atoms with E-state index in [1.165, 1.54) is 18.9 Å². The van der Waals surface area contributed by atoms with Crippen molar-refractivity contribution in [2.75, 3.05) is 57.4 Å². The predicted molar refractivity (Wildman–Crippen MR) is 132 cm³/mol. The number of carbonyl (C=O) groups excluding carboxylic acids is 1. The number of pyridine rings is 1. The van der Waals surface area contributed by atoms with Gasteiger partial charge in [-0.25, -0.2) is 4.39 Å². The van der Waals surface area contributed by atoms with Crippen molar-refractivity contribution in [3.63, 3.8) is 0 Å². The SMILES string of the molecule is O=C(c1cnc2ccccc2c1)N(CCN1CCCC1)c1c(F)cccc1CN1CCOCC1. The van der Waals surface area contributed by atoms with Crippen LogP contribution in [0.1, 0.15) is 28.8 Å². The number of aromatic nitrogens is 1. The first-order valence-corrected chi connectivity index (χ1v) is 12.2. The van der Waals surface area contributed by atoms with Crippen molar-refractivity contribution in [3.8, 4) is 0 Å². The molecule has 2 fully saturated rings. The number of amides is 1. The van der Waals surface area contributed by atoms with Crippen molar-refractivity contribution in [3.05, 3.63) is 71.7 Å². The molecule has 1 amide bonds. The van der Waals surface area contributed by atoms with Crippen LogP contribution in [0, 0.1) is 5.82 Å². The second-order valence-electron chi connectivity index (χ2n) is 9.06. The van der Waals surface area contributed by atoms with Crippen molar-refractivity contribution >= 4 is 22.5 Å². The van der Waals surface area contributed by atoms with Crippen molar-refractivity contribution < 1.29 is 13.9 Å². The molecule has 7 heteroatoms. The lowest BCUT2D eigenvalue weighted by Crippen LogP contribution is -2.40. The summed E-state index contributed by atoms with van der Waals surface area (Å²) in [5, 5.41) is 0.898. The van der Waals surface area contributed by atoms with Gasteiger partial charge in [-0.05, 0) is 49.7 Å². The number of hydrogen-bond acceptors (Lipinski definition) is 5. The number of carbonyl (C=O) groups is 1. The maximum atomic E-state index is 15.4. The highest BCUT2D eigenvalue weighted by molar-refractivity contribution is 6.07. The number of fused-ring (bicyclic) bond motifs is 1. The Balaban J connectivity index is 1.49. The molecule has 0 unspecified atom stereocenters. The first-order valence-electron chi connectivity index (χ1n) is 12.2. The number of ether oxygens (including phenoxy) is 1. The van der Waals surface area contributed by atoms with Crippen LogP contribution in [0.4, 0.5) is 10.1 Å². The number of anilines is 1. The minimum Gasteiger partial charge on any atom is -0.379 e. The number of likely N-dealkylation sites (tertiary alicyclic amines) is 1. The number of morpholine rings is 1. The molecule has 0 N–H and O–H groups in total. The summed E-state index contributed by atoms with van der Waals surface area (Å²) >= 11 is 0. The van der Waals surface area contributed by atoms with E-state index < -0.39 is 0 Å². The molecule has 0 aliphatic carbocycles.